The van der Waals surface area contributed by atoms with Gasteiger partial charge in [-0.05, 0) is 62.1 Å². The summed E-state index contributed by atoms with van der Waals surface area (Å²) in [6.45, 7) is 7.79. The van der Waals surface area contributed by atoms with Gasteiger partial charge in [-0.1, -0.05) is 13.8 Å². The van der Waals surface area contributed by atoms with Crippen LogP contribution in [0.4, 0.5) is 0 Å². The van der Waals surface area contributed by atoms with Gasteiger partial charge in [0, 0.05) is 29.5 Å². The maximum Gasteiger partial charge on any atom is 0.277 e. The summed E-state index contributed by atoms with van der Waals surface area (Å²) in [5, 5.41) is 0.898. The Bertz CT molecular complexity index is 1410. The fourth-order valence-electron chi connectivity index (χ4n) is 4.94. The molecule has 0 saturated heterocycles. The van der Waals surface area contributed by atoms with Crippen LogP contribution in [0.25, 0.3) is 22.3 Å². The summed E-state index contributed by atoms with van der Waals surface area (Å²) in [5.74, 6) is 4.98. The molecule has 9 heteroatoms. The van der Waals surface area contributed by atoms with Crippen LogP contribution >= 0.6 is 0 Å². The molecule has 9 nitrogen and oxygen atoms in total. The number of aryl methyl sites for hydroxylation is 1. The Hall–Kier alpha value is -3.56. The number of pyridine rings is 2. The molecule has 0 radical (unpaired) electrons. The molecule has 3 heterocycles. The Morgan fingerprint density at radius 1 is 1.28 bits per heavy atom. The minimum absolute atomic E-state index is 0.137. The predicted octanol–water partition coefficient (Wildman–Crippen LogP) is 2.97. The van der Waals surface area contributed by atoms with Crippen LogP contribution in [0.3, 0.4) is 0 Å². The van der Waals surface area contributed by atoms with Gasteiger partial charge >= 0.3 is 0 Å². The summed E-state index contributed by atoms with van der Waals surface area (Å²) < 4.78 is 13.0. The van der Waals surface area contributed by atoms with Crippen LogP contribution in [-0.2, 0) is 33.9 Å². The molecule has 1 aliphatic heterocycles. The van der Waals surface area contributed by atoms with Crippen molar-refractivity contribution in [1.82, 2.24) is 15.0 Å². The molecule has 1 aromatic carbocycles. The SMILES string of the molecule is CCc1c2c(nc3ccc(OC(C)(C)C(=O)NN)cc13)-c1cc(C(C=O)CC)c(COC)c(=O)n1C2. The van der Waals surface area contributed by atoms with Crippen LogP contribution in [0.2, 0.25) is 0 Å². The van der Waals surface area contributed by atoms with E-state index in [9.17, 15) is 14.4 Å². The van der Waals surface area contributed by atoms with Gasteiger partial charge < -0.3 is 18.8 Å². The number of nitrogens with two attached hydrogens (primary N) is 1. The number of aldehydes is 1. The van der Waals surface area contributed by atoms with Gasteiger partial charge in [0.2, 0.25) is 0 Å². The molecule has 3 aromatic rings. The lowest BCUT2D eigenvalue weighted by atomic mass is 9.93. The zero-order valence-corrected chi connectivity index (χ0v) is 21.3. The normalized spacial score (nSPS) is 13.3. The van der Waals surface area contributed by atoms with Crippen LogP contribution in [0, 0.1) is 0 Å². The van der Waals surface area contributed by atoms with Crippen molar-refractivity contribution >= 4 is 23.1 Å². The number of carbonyl (C=O) groups is 2. The molecule has 2 aromatic heterocycles. The van der Waals surface area contributed by atoms with Gasteiger partial charge in [-0.25, -0.2) is 10.8 Å². The van der Waals surface area contributed by atoms with Crippen molar-refractivity contribution in [3.8, 4) is 17.1 Å². The molecular formula is C27H32N4O5. The van der Waals surface area contributed by atoms with Crippen molar-refractivity contribution in [3.63, 3.8) is 0 Å². The molecule has 0 fully saturated rings. The molecule has 4 rings (SSSR count). The second-order valence-corrected chi connectivity index (χ2v) is 9.47. The molecule has 0 aliphatic carbocycles. The largest absolute Gasteiger partial charge is 0.478 e. The summed E-state index contributed by atoms with van der Waals surface area (Å²) in [5.41, 5.74) is 6.25. The average molecular weight is 493 g/mol. The van der Waals surface area contributed by atoms with Gasteiger partial charge in [-0.2, -0.15) is 0 Å². The van der Waals surface area contributed by atoms with Gasteiger partial charge in [0.05, 0.1) is 30.1 Å². The Kier molecular flexibility index (Phi) is 6.97. The van der Waals surface area contributed by atoms with E-state index in [0.29, 0.717) is 42.0 Å². The molecule has 1 unspecified atom stereocenters. The van der Waals surface area contributed by atoms with E-state index in [2.05, 4.69) is 12.3 Å². The fraction of sp³-hybridized carbons (Fsp3) is 0.407. The molecule has 36 heavy (non-hydrogen) atoms. The summed E-state index contributed by atoms with van der Waals surface area (Å²) in [4.78, 5) is 42.4. The Morgan fingerprint density at radius 2 is 2.03 bits per heavy atom. The number of fused-ring (bicyclic) bond motifs is 4. The maximum atomic E-state index is 13.5. The summed E-state index contributed by atoms with van der Waals surface area (Å²) in [6.07, 6.45) is 2.19. The van der Waals surface area contributed by atoms with Gasteiger partial charge in [0.25, 0.3) is 11.5 Å². The van der Waals surface area contributed by atoms with E-state index in [1.807, 2.05) is 25.1 Å². The molecular weight excluding hydrogens is 460 g/mol. The topological polar surface area (TPSA) is 126 Å². The first-order valence-corrected chi connectivity index (χ1v) is 12.1. The minimum atomic E-state index is -1.16. The third kappa shape index (κ3) is 4.18. The lowest BCUT2D eigenvalue weighted by Crippen LogP contribution is -2.49. The number of hydrazine groups is 1. The summed E-state index contributed by atoms with van der Waals surface area (Å²) in [7, 11) is 1.54. The van der Waals surface area contributed by atoms with E-state index < -0.39 is 17.4 Å². The number of hydrogen-bond donors (Lipinski definition) is 2. The van der Waals surface area contributed by atoms with Crippen LogP contribution in [0.15, 0.2) is 29.1 Å². The Balaban J connectivity index is 1.89. The van der Waals surface area contributed by atoms with Crippen LogP contribution < -0.4 is 21.6 Å². The smallest absolute Gasteiger partial charge is 0.277 e. The molecule has 1 amide bonds. The Morgan fingerprint density at radius 3 is 2.64 bits per heavy atom. The number of amides is 1. The number of aromatic nitrogens is 2. The first-order valence-electron chi connectivity index (χ1n) is 12.1. The van der Waals surface area contributed by atoms with Gasteiger partial charge in [0.1, 0.15) is 12.0 Å². The highest BCUT2D eigenvalue weighted by Gasteiger charge is 2.31. The number of nitrogens with one attached hydrogen (secondary N) is 1. The Labute approximate surface area is 209 Å². The van der Waals surface area contributed by atoms with E-state index >= 15 is 0 Å². The third-order valence-electron chi connectivity index (χ3n) is 6.87. The number of hydrogen-bond acceptors (Lipinski definition) is 7. The molecule has 190 valence electrons. The van der Waals surface area contributed by atoms with E-state index in [0.717, 1.165) is 34.0 Å². The lowest BCUT2D eigenvalue weighted by molar-refractivity contribution is -0.134. The first-order chi connectivity index (χ1) is 17.2. The van der Waals surface area contributed by atoms with Crippen LogP contribution in [0.1, 0.15) is 62.3 Å². The average Bonchev–Trinajstić information content (AvgIpc) is 3.23. The van der Waals surface area contributed by atoms with Crippen molar-refractivity contribution < 1.29 is 19.1 Å². The minimum Gasteiger partial charge on any atom is -0.478 e. The second-order valence-electron chi connectivity index (χ2n) is 9.47. The highest BCUT2D eigenvalue weighted by atomic mass is 16.5. The van der Waals surface area contributed by atoms with Gasteiger partial charge in [0.15, 0.2) is 5.60 Å². The quantitative estimate of drug-likeness (QED) is 0.159. The predicted molar refractivity (Wildman–Crippen MR) is 137 cm³/mol. The number of rotatable bonds is 9. The second kappa shape index (κ2) is 9.83. The molecule has 0 spiro atoms. The van der Waals surface area contributed by atoms with Gasteiger partial charge in [-0.15, -0.1) is 0 Å². The standard InChI is InChI=1S/C27H32N4O5/c1-6-15(13-32)18-11-23-24-20(12-31(23)25(33)21(18)14-35-5)17(7-2)19-10-16(8-9-22(19)29-24)36-27(3,4)26(34)30-28/h8-11,13,15H,6-7,12,14,28H2,1-5H3,(H,30,34). The number of benzene rings is 1. The number of nitrogens with zero attached hydrogens (tertiary/aromatic N) is 2. The van der Waals surface area contributed by atoms with Crippen molar-refractivity contribution in [1.29, 1.82) is 0 Å². The van der Waals surface area contributed by atoms with E-state index in [1.54, 1.807) is 31.6 Å². The zero-order chi connectivity index (χ0) is 26.2. The maximum absolute atomic E-state index is 13.5. The van der Waals surface area contributed by atoms with Crippen molar-refractivity contribution in [2.24, 2.45) is 5.84 Å². The van der Waals surface area contributed by atoms with Crippen LogP contribution in [0.5, 0.6) is 5.75 Å². The van der Waals surface area contributed by atoms with Crippen molar-refractivity contribution in [2.75, 3.05) is 7.11 Å². The molecule has 0 saturated carbocycles. The lowest BCUT2D eigenvalue weighted by Gasteiger charge is -2.24. The highest BCUT2D eigenvalue weighted by molar-refractivity contribution is 5.89. The first kappa shape index (κ1) is 25.5. The molecule has 1 atom stereocenters. The monoisotopic (exact) mass is 492 g/mol. The molecule has 0 bridgehead atoms. The highest BCUT2D eigenvalue weighted by Crippen LogP contribution is 2.38. The van der Waals surface area contributed by atoms with Crippen molar-refractivity contribution in [3.05, 3.63) is 56.9 Å². The zero-order valence-electron chi connectivity index (χ0n) is 21.3. The molecule has 1 aliphatic rings. The van der Waals surface area contributed by atoms with E-state index in [-0.39, 0.29) is 12.2 Å². The van der Waals surface area contributed by atoms with Crippen molar-refractivity contribution in [2.45, 2.75) is 65.2 Å². The van der Waals surface area contributed by atoms with Crippen LogP contribution in [-0.4, -0.2) is 34.5 Å². The number of carbonyl (C=O) groups excluding carboxylic acids is 2. The summed E-state index contributed by atoms with van der Waals surface area (Å²) >= 11 is 0. The molecule has 3 N–H and O–H groups in total. The van der Waals surface area contributed by atoms with Gasteiger partial charge in [-0.3, -0.25) is 15.0 Å². The number of ether oxygens (including phenoxy) is 2. The summed E-state index contributed by atoms with van der Waals surface area (Å²) in [6, 6.07) is 7.41. The third-order valence-corrected chi connectivity index (χ3v) is 6.87. The fourth-order valence-corrected chi connectivity index (χ4v) is 4.94. The van der Waals surface area contributed by atoms with E-state index in [1.165, 1.54) is 0 Å². The number of methoxy groups -OCH3 is 1. The van der Waals surface area contributed by atoms with E-state index in [4.69, 9.17) is 20.3 Å².